The maximum atomic E-state index is 12.2. The van der Waals surface area contributed by atoms with E-state index in [4.69, 9.17) is 4.42 Å². The summed E-state index contributed by atoms with van der Waals surface area (Å²) < 4.78 is 33.7. The second-order valence-corrected chi connectivity index (χ2v) is 6.92. The molecule has 0 aliphatic carbocycles. The second-order valence-electron chi connectivity index (χ2n) is 5.16. The average Bonchev–Trinajstić information content (AvgIpc) is 3.23. The molecule has 23 heavy (non-hydrogen) atoms. The van der Waals surface area contributed by atoms with Crippen LogP contribution in [0.1, 0.15) is 25.7 Å². The van der Waals surface area contributed by atoms with Gasteiger partial charge in [0.25, 0.3) is 0 Å². The summed E-state index contributed by atoms with van der Waals surface area (Å²) in [6.45, 7) is 3.83. The fourth-order valence-corrected chi connectivity index (χ4v) is 2.80. The highest BCUT2D eigenvalue weighted by atomic mass is 32.2. The van der Waals surface area contributed by atoms with Crippen LogP contribution in [0.5, 0.6) is 0 Å². The molecule has 0 spiro atoms. The van der Waals surface area contributed by atoms with E-state index in [-0.39, 0.29) is 17.5 Å². The van der Waals surface area contributed by atoms with Gasteiger partial charge in [0.2, 0.25) is 15.8 Å². The van der Waals surface area contributed by atoms with E-state index >= 15 is 0 Å². The van der Waals surface area contributed by atoms with E-state index in [0.717, 1.165) is 0 Å². The van der Waals surface area contributed by atoms with Gasteiger partial charge in [0.1, 0.15) is 10.7 Å². The first-order valence-corrected chi connectivity index (χ1v) is 8.43. The molecule has 0 amide bonds. The summed E-state index contributed by atoms with van der Waals surface area (Å²) in [6, 6.07) is 3.53. The topological polar surface area (TPSA) is 119 Å². The largest absolute Gasteiger partial charge is 0.461 e. The summed E-state index contributed by atoms with van der Waals surface area (Å²) in [7, 11) is -3.66. The van der Waals surface area contributed by atoms with Crippen LogP contribution in [0.15, 0.2) is 40.1 Å². The van der Waals surface area contributed by atoms with Crippen LogP contribution in [0.3, 0.4) is 0 Å². The Labute approximate surface area is 132 Å². The number of rotatable bonds is 6. The molecule has 0 aromatic carbocycles. The zero-order valence-electron chi connectivity index (χ0n) is 12.6. The van der Waals surface area contributed by atoms with Gasteiger partial charge in [-0.05, 0) is 26.0 Å². The van der Waals surface area contributed by atoms with Crippen LogP contribution < -0.4 is 4.72 Å². The number of aromatic nitrogens is 5. The van der Waals surface area contributed by atoms with Crippen molar-refractivity contribution in [2.75, 3.05) is 0 Å². The van der Waals surface area contributed by atoms with Crippen LogP contribution in [-0.2, 0) is 16.6 Å². The van der Waals surface area contributed by atoms with Crippen LogP contribution in [0, 0.1) is 0 Å². The first kappa shape index (κ1) is 15.4. The normalized spacial score (nSPS) is 12.1. The predicted molar refractivity (Wildman–Crippen MR) is 80.7 cm³/mol. The molecule has 0 fully saturated rings. The van der Waals surface area contributed by atoms with Gasteiger partial charge in [-0.3, -0.25) is 9.78 Å². The number of hydrogen-bond donors (Lipinski definition) is 2. The van der Waals surface area contributed by atoms with Gasteiger partial charge in [-0.2, -0.15) is 5.10 Å². The summed E-state index contributed by atoms with van der Waals surface area (Å²) in [5.41, 5.74) is 0. The number of hydrogen-bond acceptors (Lipinski definition) is 6. The molecule has 122 valence electrons. The minimum absolute atomic E-state index is 0.0110. The maximum Gasteiger partial charge on any atom is 0.244 e. The lowest BCUT2D eigenvalue weighted by Crippen LogP contribution is -2.23. The molecule has 0 aliphatic heterocycles. The van der Waals surface area contributed by atoms with Gasteiger partial charge in [-0.15, -0.1) is 5.10 Å². The predicted octanol–water partition coefficient (Wildman–Crippen LogP) is 1.32. The lowest BCUT2D eigenvalue weighted by Gasteiger charge is -2.04. The van der Waals surface area contributed by atoms with Gasteiger partial charge in [0, 0.05) is 12.2 Å². The van der Waals surface area contributed by atoms with Crippen molar-refractivity contribution in [3.63, 3.8) is 0 Å². The minimum atomic E-state index is -3.66. The maximum absolute atomic E-state index is 12.2. The summed E-state index contributed by atoms with van der Waals surface area (Å²) in [5, 5.41) is 10.7. The molecule has 0 saturated carbocycles. The molecule has 0 radical (unpaired) electrons. The zero-order valence-corrected chi connectivity index (χ0v) is 13.4. The number of furan rings is 1. The fraction of sp³-hybridized carbons (Fsp3) is 0.308. The molecule has 3 aromatic rings. The molecular formula is C13H16N6O3S. The molecule has 10 heteroatoms. The average molecular weight is 336 g/mol. The Balaban J connectivity index is 1.69. The summed E-state index contributed by atoms with van der Waals surface area (Å²) >= 11 is 0. The van der Waals surface area contributed by atoms with Crippen LogP contribution >= 0.6 is 0 Å². The summed E-state index contributed by atoms with van der Waals surface area (Å²) in [6.07, 6.45) is 4.32. The molecular weight excluding hydrogens is 320 g/mol. The molecule has 0 saturated heterocycles. The van der Waals surface area contributed by atoms with Gasteiger partial charge >= 0.3 is 0 Å². The number of H-pyrrole nitrogens is 1. The summed E-state index contributed by atoms with van der Waals surface area (Å²) in [4.78, 5) is 4.28. The fourth-order valence-electron chi connectivity index (χ4n) is 1.88. The Hall–Kier alpha value is -2.46. The van der Waals surface area contributed by atoms with E-state index in [1.165, 1.54) is 18.7 Å². The Morgan fingerprint density at radius 2 is 2.26 bits per heavy atom. The Kier molecular flexibility index (Phi) is 4.01. The highest BCUT2D eigenvalue weighted by molar-refractivity contribution is 7.89. The van der Waals surface area contributed by atoms with Crippen molar-refractivity contribution in [1.29, 1.82) is 0 Å². The Morgan fingerprint density at radius 3 is 2.91 bits per heavy atom. The quantitative estimate of drug-likeness (QED) is 0.701. The van der Waals surface area contributed by atoms with E-state index in [0.29, 0.717) is 17.4 Å². The highest BCUT2D eigenvalue weighted by Crippen LogP contribution is 2.15. The van der Waals surface area contributed by atoms with Crippen molar-refractivity contribution < 1.29 is 12.8 Å². The number of nitrogens with one attached hydrogen (secondary N) is 2. The SMILES string of the molecule is CC(C)n1cc(S(=O)(=O)NCc2nc(-c3ccco3)n[nH]2)cn1. The van der Waals surface area contributed by atoms with Gasteiger partial charge < -0.3 is 4.42 Å². The van der Waals surface area contributed by atoms with Crippen molar-refractivity contribution in [3.8, 4) is 11.6 Å². The van der Waals surface area contributed by atoms with E-state index in [2.05, 4.69) is 25.0 Å². The van der Waals surface area contributed by atoms with Crippen molar-refractivity contribution >= 4 is 10.0 Å². The Morgan fingerprint density at radius 1 is 1.43 bits per heavy atom. The van der Waals surface area contributed by atoms with Crippen molar-refractivity contribution in [3.05, 3.63) is 36.6 Å². The zero-order chi connectivity index (χ0) is 16.4. The third-order valence-corrected chi connectivity index (χ3v) is 4.48. The lowest BCUT2D eigenvalue weighted by atomic mass is 10.4. The third-order valence-electron chi connectivity index (χ3n) is 3.12. The van der Waals surface area contributed by atoms with E-state index in [1.807, 2.05) is 13.8 Å². The first-order valence-electron chi connectivity index (χ1n) is 6.94. The number of aromatic amines is 1. The van der Waals surface area contributed by atoms with E-state index in [1.54, 1.807) is 16.8 Å². The lowest BCUT2D eigenvalue weighted by molar-refractivity contribution is 0.531. The smallest absolute Gasteiger partial charge is 0.244 e. The van der Waals surface area contributed by atoms with Crippen LogP contribution in [0.2, 0.25) is 0 Å². The van der Waals surface area contributed by atoms with Crippen LogP contribution in [-0.4, -0.2) is 33.4 Å². The van der Waals surface area contributed by atoms with Crippen LogP contribution in [0.25, 0.3) is 11.6 Å². The molecule has 0 atom stereocenters. The van der Waals surface area contributed by atoms with Gasteiger partial charge in [0.15, 0.2) is 5.76 Å². The molecule has 0 aliphatic rings. The molecule has 9 nitrogen and oxygen atoms in total. The summed E-state index contributed by atoms with van der Waals surface area (Å²) in [5.74, 6) is 1.27. The minimum Gasteiger partial charge on any atom is -0.461 e. The monoisotopic (exact) mass is 336 g/mol. The third kappa shape index (κ3) is 3.32. The standard InChI is InChI=1S/C13H16N6O3S/c1-9(2)19-8-10(6-14-19)23(20,21)15-7-12-16-13(18-17-12)11-4-3-5-22-11/h3-6,8-9,15H,7H2,1-2H3,(H,16,17,18). The Bertz CT molecular complexity index is 879. The molecule has 3 rings (SSSR count). The first-order chi connectivity index (χ1) is 11.0. The van der Waals surface area contributed by atoms with Gasteiger partial charge in [-0.25, -0.2) is 18.1 Å². The molecule has 0 unspecified atom stereocenters. The number of sulfonamides is 1. The number of nitrogens with zero attached hydrogens (tertiary/aromatic N) is 4. The van der Waals surface area contributed by atoms with Gasteiger partial charge in [-0.1, -0.05) is 0 Å². The molecule has 2 N–H and O–H groups in total. The van der Waals surface area contributed by atoms with Crippen molar-refractivity contribution in [1.82, 2.24) is 29.7 Å². The van der Waals surface area contributed by atoms with Crippen LogP contribution in [0.4, 0.5) is 0 Å². The van der Waals surface area contributed by atoms with Crippen molar-refractivity contribution in [2.24, 2.45) is 0 Å². The second kappa shape index (κ2) is 5.97. The van der Waals surface area contributed by atoms with E-state index in [9.17, 15) is 8.42 Å². The van der Waals surface area contributed by atoms with Gasteiger partial charge in [0.05, 0.1) is 19.0 Å². The van der Waals surface area contributed by atoms with Crippen molar-refractivity contribution in [2.45, 2.75) is 31.3 Å². The van der Waals surface area contributed by atoms with E-state index < -0.39 is 10.0 Å². The molecule has 0 bridgehead atoms. The molecule has 3 aromatic heterocycles. The molecule has 3 heterocycles. The highest BCUT2D eigenvalue weighted by Gasteiger charge is 2.18.